The molecule has 2 aromatic heterocycles. The molecule has 1 aromatic carbocycles. The van der Waals surface area contributed by atoms with Crippen LogP contribution in [0.15, 0.2) is 24.4 Å². The van der Waals surface area contributed by atoms with Crippen LogP contribution in [0.1, 0.15) is 10.4 Å². The number of pyridine rings is 1. The van der Waals surface area contributed by atoms with E-state index >= 15 is 0 Å². The molecular weight excluding hydrogens is 243 g/mol. The molecule has 0 spiro atoms. The van der Waals surface area contributed by atoms with Gasteiger partial charge in [0.05, 0.1) is 28.2 Å². The molecule has 0 radical (unpaired) electrons. The van der Waals surface area contributed by atoms with Crippen LogP contribution in [0, 0.1) is 0 Å². The Labute approximate surface area is 119 Å². The van der Waals surface area contributed by atoms with Gasteiger partial charge < -0.3 is 16.3 Å². The zero-order valence-electron chi connectivity index (χ0n) is 9.14. The second-order valence-corrected chi connectivity index (χ2v) is 3.69. The van der Waals surface area contributed by atoms with Gasteiger partial charge in [-0.15, -0.1) is 0 Å². The van der Waals surface area contributed by atoms with E-state index in [1.165, 1.54) is 6.07 Å². The van der Waals surface area contributed by atoms with Crippen LogP contribution < -0.4 is 5.73 Å². The summed E-state index contributed by atoms with van der Waals surface area (Å²) >= 11 is 0. The van der Waals surface area contributed by atoms with Gasteiger partial charge in [-0.25, -0.2) is 9.78 Å². The minimum absolute atomic E-state index is 0. The molecule has 2 heterocycles. The molecule has 8 heteroatoms. The summed E-state index contributed by atoms with van der Waals surface area (Å²) in [5.41, 5.74) is 7.33. The number of carboxylic acids is 1. The Kier molecular flexibility index (Phi) is 4.16. The van der Waals surface area contributed by atoms with E-state index in [1.54, 1.807) is 18.3 Å². The van der Waals surface area contributed by atoms with Crippen LogP contribution in [-0.2, 0) is 0 Å². The van der Waals surface area contributed by atoms with E-state index in [4.69, 9.17) is 10.8 Å². The summed E-state index contributed by atoms with van der Waals surface area (Å²) in [6.07, 6.45) is 1.57. The number of carboxylic acid groups (broad SMARTS) is 1. The predicted octanol–water partition coefficient (Wildman–Crippen LogP) is -0.0817. The van der Waals surface area contributed by atoms with Crippen molar-refractivity contribution in [1.29, 1.82) is 0 Å². The van der Waals surface area contributed by atoms with E-state index in [0.29, 0.717) is 27.6 Å². The number of nitrogen functional groups attached to an aromatic ring is 1. The van der Waals surface area contributed by atoms with Crippen molar-refractivity contribution in [3.8, 4) is 0 Å². The quantitative estimate of drug-likeness (QED) is 0.521. The van der Waals surface area contributed by atoms with Crippen molar-refractivity contribution in [1.82, 2.24) is 15.2 Å². The molecular formula is C11H11LiN4O3. The number of anilines is 1. The monoisotopic (exact) mass is 254 g/mol. The fourth-order valence-electron chi connectivity index (χ4n) is 1.84. The number of nitrogens with zero attached hydrogens (tertiary/aromatic N) is 2. The van der Waals surface area contributed by atoms with Crippen LogP contribution in [0.3, 0.4) is 0 Å². The molecule has 0 bridgehead atoms. The summed E-state index contributed by atoms with van der Waals surface area (Å²) < 4.78 is 0. The molecule has 0 saturated heterocycles. The Morgan fingerprint density at radius 1 is 1.32 bits per heavy atom. The van der Waals surface area contributed by atoms with Crippen molar-refractivity contribution in [3.05, 3.63) is 30.0 Å². The van der Waals surface area contributed by atoms with Crippen molar-refractivity contribution in [2.24, 2.45) is 0 Å². The molecule has 3 aromatic rings. The molecule has 0 fully saturated rings. The van der Waals surface area contributed by atoms with Gasteiger partial charge in [0.25, 0.3) is 0 Å². The Hall–Kier alpha value is -2.07. The molecule has 7 nitrogen and oxygen atoms in total. The number of hydrogen-bond acceptors (Lipinski definition) is 4. The first-order valence-electron chi connectivity index (χ1n) is 4.92. The number of aromatic carboxylic acids is 1. The molecule has 3 rings (SSSR count). The number of H-pyrrole nitrogens is 1. The first kappa shape index (κ1) is 15.0. The number of aromatic amines is 1. The van der Waals surface area contributed by atoms with Crippen molar-refractivity contribution in [3.63, 3.8) is 0 Å². The van der Waals surface area contributed by atoms with Crippen LogP contribution >= 0.6 is 0 Å². The molecule has 0 atom stereocenters. The summed E-state index contributed by atoms with van der Waals surface area (Å²) in [7, 11) is 0. The number of fused-ring (bicyclic) bond motifs is 3. The van der Waals surface area contributed by atoms with Gasteiger partial charge in [-0.05, 0) is 18.2 Å². The summed E-state index contributed by atoms with van der Waals surface area (Å²) in [6, 6.07) is 4.69. The van der Waals surface area contributed by atoms with E-state index < -0.39 is 5.97 Å². The van der Waals surface area contributed by atoms with Crippen LogP contribution in [0.5, 0.6) is 0 Å². The predicted molar refractivity (Wildman–Crippen MR) is 73.5 cm³/mol. The molecule has 0 aliphatic rings. The van der Waals surface area contributed by atoms with E-state index in [-0.39, 0.29) is 29.9 Å². The normalized spacial score (nSPS) is 9.89. The average molecular weight is 254 g/mol. The first-order valence-corrected chi connectivity index (χ1v) is 4.92. The SMILES string of the molecule is Nc1nc2ccc(C(=O)O)cc2c2[nH]ncc12.O.[LiH]. The van der Waals surface area contributed by atoms with E-state index in [0.717, 1.165) is 0 Å². The number of nitrogens with one attached hydrogen (secondary N) is 1. The zero-order chi connectivity index (χ0) is 12.0. The molecule has 19 heavy (non-hydrogen) atoms. The minimum atomic E-state index is -0.976. The van der Waals surface area contributed by atoms with Gasteiger partial charge in [-0.1, -0.05) is 0 Å². The standard InChI is InChI=1S/C11H8N4O2.Li.H2O.H/c12-10-7-4-13-15-9(7)6-3-5(11(16)17)1-2-8(6)14-10;;;/h1-4H,(H2,12,14)(H,13,15)(H,16,17);;1H2;. The number of rotatable bonds is 1. The van der Waals surface area contributed by atoms with Crippen molar-refractivity contribution < 1.29 is 15.4 Å². The van der Waals surface area contributed by atoms with Crippen molar-refractivity contribution in [2.75, 3.05) is 5.73 Å². The van der Waals surface area contributed by atoms with Gasteiger partial charge >= 0.3 is 24.8 Å². The third-order valence-electron chi connectivity index (χ3n) is 2.67. The molecule has 0 saturated carbocycles. The van der Waals surface area contributed by atoms with Gasteiger partial charge in [0, 0.05) is 5.39 Å². The Balaban J connectivity index is 0.000000902. The maximum absolute atomic E-state index is 10.9. The van der Waals surface area contributed by atoms with Gasteiger partial charge in [0.2, 0.25) is 0 Å². The number of nitrogens with two attached hydrogens (primary N) is 1. The van der Waals surface area contributed by atoms with E-state index in [2.05, 4.69) is 15.2 Å². The number of benzene rings is 1. The number of aromatic nitrogens is 3. The topological polar surface area (TPSA) is 136 Å². The third-order valence-corrected chi connectivity index (χ3v) is 2.67. The van der Waals surface area contributed by atoms with Crippen LogP contribution in [0.4, 0.5) is 5.82 Å². The van der Waals surface area contributed by atoms with Gasteiger partial charge in [-0.3, -0.25) is 5.10 Å². The second-order valence-electron chi connectivity index (χ2n) is 3.69. The van der Waals surface area contributed by atoms with Gasteiger partial charge in [0.15, 0.2) is 0 Å². The molecule has 0 aliphatic carbocycles. The fraction of sp³-hybridized carbons (Fsp3) is 0. The summed E-state index contributed by atoms with van der Waals surface area (Å²) in [4.78, 5) is 15.1. The molecule has 94 valence electrons. The Morgan fingerprint density at radius 2 is 2.05 bits per heavy atom. The number of carbonyl (C=O) groups is 1. The maximum atomic E-state index is 10.9. The third kappa shape index (κ3) is 2.27. The number of hydrogen-bond donors (Lipinski definition) is 3. The van der Waals surface area contributed by atoms with E-state index in [1.807, 2.05) is 0 Å². The van der Waals surface area contributed by atoms with Gasteiger partial charge in [-0.2, -0.15) is 5.10 Å². The Morgan fingerprint density at radius 3 is 2.74 bits per heavy atom. The van der Waals surface area contributed by atoms with Crippen LogP contribution in [-0.4, -0.2) is 50.6 Å². The summed E-state index contributed by atoms with van der Waals surface area (Å²) in [5.74, 6) is -0.597. The molecule has 6 N–H and O–H groups in total. The van der Waals surface area contributed by atoms with Crippen molar-refractivity contribution >= 4 is 52.5 Å². The van der Waals surface area contributed by atoms with Crippen LogP contribution in [0.2, 0.25) is 0 Å². The second kappa shape index (κ2) is 5.28. The summed E-state index contributed by atoms with van der Waals surface area (Å²) in [5, 5.41) is 17.0. The Bertz CT molecular complexity index is 756. The van der Waals surface area contributed by atoms with Gasteiger partial charge in [0.1, 0.15) is 5.82 Å². The van der Waals surface area contributed by atoms with E-state index in [9.17, 15) is 4.79 Å². The summed E-state index contributed by atoms with van der Waals surface area (Å²) in [6.45, 7) is 0. The fourth-order valence-corrected chi connectivity index (χ4v) is 1.84. The van der Waals surface area contributed by atoms with Crippen molar-refractivity contribution in [2.45, 2.75) is 0 Å². The van der Waals surface area contributed by atoms with Crippen LogP contribution in [0.25, 0.3) is 21.8 Å². The first-order chi connectivity index (χ1) is 8.16. The molecule has 0 unspecified atom stereocenters. The molecule has 0 aliphatic heterocycles. The zero-order valence-corrected chi connectivity index (χ0v) is 9.14. The average Bonchev–Trinajstić information content (AvgIpc) is 2.78. The molecule has 0 amide bonds.